The van der Waals surface area contributed by atoms with Gasteiger partial charge in [-0.1, -0.05) is 6.42 Å². The molecule has 2 atom stereocenters. The molecule has 0 unspecified atom stereocenters. The number of hydrogen-bond acceptors (Lipinski definition) is 3. The van der Waals surface area contributed by atoms with Gasteiger partial charge in [-0.15, -0.1) is 0 Å². The maximum atomic E-state index is 5.86. The topological polar surface area (TPSA) is 47.3 Å². The van der Waals surface area contributed by atoms with E-state index in [1.54, 1.807) is 7.11 Å². The molecule has 0 spiro atoms. The average Bonchev–Trinajstić information content (AvgIpc) is 2.37. The van der Waals surface area contributed by atoms with Crippen molar-refractivity contribution in [1.29, 1.82) is 0 Å². The Morgan fingerprint density at radius 3 is 2.91 bits per heavy atom. The lowest BCUT2D eigenvalue weighted by molar-refractivity contribution is 0.195. The van der Waals surface area contributed by atoms with E-state index in [9.17, 15) is 0 Å². The predicted molar refractivity (Wildman–Crippen MR) is 45.5 cm³/mol. The van der Waals surface area contributed by atoms with Crippen molar-refractivity contribution in [2.24, 2.45) is 5.73 Å². The minimum absolute atomic E-state index is 0.367. The molecule has 1 fully saturated rings. The molecule has 0 heterocycles. The van der Waals surface area contributed by atoms with Crippen LogP contribution < -0.4 is 11.1 Å². The molecule has 1 saturated carbocycles. The van der Waals surface area contributed by atoms with E-state index in [1.807, 2.05) is 0 Å². The van der Waals surface area contributed by atoms with Crippen LogP contribution >= 0.6 is 0 Å². The predicted octanol–water partition coefficient (Wildman–Crippen LogP) is 0.102. The zero-order valence-corrected chi connectivity index (χ0v) is 7.18. The third-order valence-electron chi connectivity index (χ3n) is 2.28. The van der Waals surface area contributed by atoms with Gasteiger partial charge in [0.2, 0.25) is 0 Å². The first-order valence-electron chi connectivity index (χ1n) is 4.32. The molecular formula is C8H18N2O. The summed E-state index contributed by atoms with van der Waals surface area (Å²) in [5.41, 5.74) is 5.86. The van der Waals surface area contributed by atoms with Gasteiger partial charge in [0.1, 0.15) is 0 Å². The fourth-order valence-corrected chi connectivity index (χ4v) is 1.59. The van der Waals surface area contributed by atoms with Crippen molar-refractivity contribution in [2.75, 3.05) is 20.3 Å². The van der Waals surface area contributed by atoms with E-state index in [4.69, 9.17) is 10.5 Å². The Kier molecular flexibility index (Phi) is 3.83. The van der Waals surface area contributed by atoms with Gasteiger partial charge in [0, 0.05) is 25.7 Å². The summed E-state index contributed by atoms with van der Waals surface area (Å²) in [5.74, 6) is 0. The van der Waals surface area contributed by atoms with Crippen LogP contribution in [0.5, 0.6) is 0 Å². The molecule has 0 amide bonds. The largest absolute Gasteiger partial charge is 0.383 e. The third kappa shape index (κ3) is 2.77. The first kappa shape index (κ1) is 8.97. The number of hydrogen-bond donors (Lipinski definition) is 2. The lowest BCUT2D eigenvalue weighted by Gasteiger charge is -2.16. The summed E-state index contributed by atoms with van der Waals surface area (Å²) in [6, 6.07) is 0.900. The van der Waals surface area contributed by atoms with E-state index >= 15 is 0 Å². The van der Waals surface area contributed by atoms with Crippen molar-refractivity contribution in [2.45, 2.75) is 31.3 Å². The molecule has 0 bridgehead atoms. The summed E-state index contributed by atoms with van der Waals surface area (Å²) in [6.45, 7) is 1.71. The number of methoxy groups -OCH3 is 1. The van der Waals surface area contributed by atoms with Crippen molar-refractivity contribution >= 4 is 0 Å². The zero-order chi connectivity index (χ0) is 8.10. The van der Waals surface area contributed by atoms with Gasteiger partial charge >= 0.3 is 0 Å². The standard InChI is InChI=1S/C8H18N2O/c1-11-6-5-10-8-4-2-3-7(8)9/h7-8,10H,2-6,9H2,1H3/t7-,8-/m0/s1. The second kappa shape index (κ2) is 4.70. The Morgan fingerprint density at radius 1 is 1.55 bits per heavy atom. The van der Waals surface area contributed by atoms with Gasteiger partial charge < -0.3 is 15.8 Å². The van der Waals surface area contributed by atoms with Gasteiger partial charge in [0.25, 0.3) is 0 Å². The third-order valence-corrected chi connectivity index (χ3v) is 2.28. The molecule has 0 saturated heterocycles. The molecule has 0 radical (unpaired) electrons. The van der Waals surface area contributed by atoms with Crippen molar-refractivity contribution in [3.8, 4) is 0 Å². The van der Waals surface area contributed by atoms with Crippen LogP contribution in [0.4, 0.5) is 0 Å². The van der Waals surface area contributed by atoms with Crippen LogP contribution in [0.1, 0.15) is 19.3 Å². The molecule has 3 heteroatoms. The van der Waals surface area contributed by atoms with Crippen LogP contribution in [0.3, 0.4) is 0 Å². The fraction of sp³-hybridized carbons (Fsp3) is 1.00. The molecule has 3 N–H and O–H groups in total. The number of ether oxygens (including phenoxy) is 1. The lowest BCUT2D eigenvalue weighted by Crippen LogP contribution is -2.42. The maximum Gasteiger partial charge on any atom is 0.0587 e. The second-order valence-corrected chi connectivity index (χ2v) is 3.15. The van der Waals surface area contributed by atoms with Crippen LogP contribution in [0.2, 0.25) is 0 Å². The van der Waals surface area contributed by atoms with Crippen LogP contribution in [0, 0.1) is 0 Å². The number of nitrogens with two attached hydrogens (primary N) is 1. The minimum atomic E-state index is 0.367. The summed E-state index contributed by atoms with van der Waals surface area (Å²) in [4.78, 5) is 0. The van der Waals surface area contributed by atoms with Crippen LogP contribution in [0.25, 0.3) is 0 Å². The van der Waals surface area contributed by atoms with Crippen LogP contribution in [0.15, 0.2) is 0 Å². The van der Waals surface area contributed by atoms with E-state index < -0.39 is 0 Å². The van der Waals surface area contributed by atoms with Crippen molar-refractivity contribution in [1.82, 2.24) is 5.32 Å². The van der Waals surface area contributed by atoms with E-state index in [0.717, 1.165) is 13.2 Å². The highest BCUT2D eigenvalue weighted by atomic mass is 16.5. The smallest absolute Gasteiger partial charge is 0.0587 e. The molecule has 1 aliphatic carbocycles. The summed E-state index contributed by atoms with van der Waals surface area (Å²) < 4.78 is 4.93. The van der Waals surface area contributed by atoms with E-state index in [-0.39, 0.29) is 0 Å². The monoisotopic (exact) mass is 158 g/mol. The zero-order valence-electron chi connectivity index (χ0n) is 7.18. The van der Waals surface area contributed by atoms with Gasteiger partial charge in [-0.25, -0.2) is 0 Å². The fourth-order valence-electron chi connectivity index (χ4n) is 1.59. The van der Waals surface area contributed by atoms with Gasteiger partial charge in [-0.05, 0) is 12.8 Å². The quantitative estimate of drug-likeness (QED) is 0.571. The maximum absolute atomic E-state index is 5.86. The Labute approximate surface area is 68.3 Å². The van der Waals surface area contributed by atoms with E-state index in [1.165, 1.54) is 19.3 Å². The molecule has 0 aromatic carbocycles. The summed E-state index contributed by atoms with van der Waals surface area (Å²) in [5, 5.41) is 3.38. The normalized spacial score (nSPS) is 31.1. The number of nitrogens with one attached hydrogen (secondary N) is 1. The van der Waals surface area contributed by atoms with Crippen molar-refractivity contribution in [3.63, 3.8) is 0 Å². The van der Waals surface area contributed by atoms with Crippen LogP contribution in [-0.2, 0) is 4.74 Å². The first-order chi connectivity index (χ1) is 5.34. The van der Waals surface area contributed by atoms with Gasteiger partial charge in [-0.2, -0.15) is 0 Å². The molecule has 66 valence electrons. The second-order valence-electron chi connectivity index (χ2n) is 3.15. The average molecular weight is 158 g/mol. The molecule has 0 aromatic rings. The highest BCUT2D eigenvalue weighted by molar-refractivity contribution is 4.85. The van der Waals surface area contributed by atoms with Crippen molar-refractivity contribution < 1.29 is 4.74 Å². The lowest BCUT2D eigenvalue weighted by atomic mass is 10.2. The Morgan fingerprint density at radius 2 is 2.36 bits per heavy atom. The highest BCUT2D eigenvalue weighted by Crippen LogP contribution is 2.16. The molecule has 0 aliphatic heterocycles. The first-order valence-corrected chi connectivity index (χ1v) is 4.32. The summed E-state index contributed by atoms with van der Waals surface area (Å²) in [6.07, 6.45) is 3.67. The Balaban J connectivity index is 2.05. The van der Waals surface area contributed by atoms with Gasteiger partial charge in [-0.3, -0.25) is 0 Å². The Hall–Kier alpha value is -0.120. The molecule has 0 aromatic heterocycles. The van der Waals surface area contributed by atoms with E-state index in [2.05, 4.69) is 5.32 Å². The van der Waals surface area contributed by atoms with Crippen molar-refractivity contribution in [3.05, 3.63) is 0 Å². The Bertz CT molecular complexity index is 108. The highest BCUT2D eigenvalue weighted by Gasteiger charge is 2.22. The van der Waals surface area contributed by atoms with Crippen LogP contribution in [-0.4, -0.2) is 32.3 Å². The number of rotatable bonds is 4. The molecule has 11 heavy (non-hydrogen) atoms. The molecule has 1 aliphatic rings. The molecule has 3 nitrogen and oxygen atoms in total. The molecular weight excluding hydrogens is 140 g/mol. The SMILES string of the molecule is COCCN[C@H]1CCC[C@@H]1N. The summed E-state index contributed by atoms with van der Waals surface area (Å²) in [7, 11) is 1.72. The summed E-state index contributed by atoms with van der Waals surface area (Å²) >= 11 is 0. The molecule has 1 rings (SSSR count). The van der Waals surface area contributed by atoms with Gasteiger partial charge in [0.15, 0.2) is 0 Å². The van der Waals surface area contributed by atoms with E-state index in [0.29, 0.717) is 12.1 Å². The minimum Gasteiger partial charge on any atom is -0.383 e. The van der Waals surface area contributed by atoms with Gasteiger partial charge in [0.05, 0.1) is 6.61 Å².